The minimum Gasteiger partial charge on any atom is -0.338 e. The summed E-state index contributed by atoms with van der Waals surface area (Å²) in [7, 11) is -2.86. The molecule has 3 N–H and O–H groups in total. The van der Waals surface area contributed by atoms with Crippen LogP contribution in [0.25, 0.3) is 0 Å². The third-order valence-electron chi connectivity index (χ3n) is 3.60. The first kappa shape index (κ1) is 13.6. The predicted octanol–water partition coefficient (Wildman–Crippen LogP) is -0.528. The fourth-order valence-corrected chi connectivity index (χ4v) is 3.89. The van der Waals surface area contributed by atoms with Gasteiger partial charge in [-0.1, -0.05) is 0 Å². The Kier molecular flexibility index (Phi) is 4.45. The molecule has 0 bridgehead atoms. The van der Waals surface area contributed by atoms with Crippen molar-refractivity contribution in [1.29, 1.82) is 0 Å². The Morgan fingerprint density at radius 2 is 1.94 bits per heavy atom. The van der Waals surface area contributed by atoms with E-state index in [2.05, 4.69) is 16.0 Å². The lowest BCUT2D eigenvalue weighted by Gasteiger charge is -2.23. The lowest BCUT2D eigenvalue weighted by molar-refractivity contribution is 0.234. The van der Waals surface area contributed by atoms with E-state index in [4.69, 9.17) is 0 Å². The van der Waals surface area contributed by atoms with Crippen LogP contribution in [-0.4, -0.2) is 51.6 Å². The van der Waals surface area contributed by atoms with E-state index in [1.807, 2.05) is 0 Å². The van der Waals surface area contributed by atoms with Gasteiger partial charge in [0.2, 0.25) is 0 Å². The van der Waals surface area contributed by atoms with Gasteiger partial charge in [-0.2, -0.15) is 0 Å². The first-order valence-corrected chi connectivity index (χ1v) is 8.33. The standard InChI is InChI=1S/C11H21N3O3S/c15-11(13-8-9-1-4-12-7-9)14-10-2-5-18(16,17)6-3-10/h9-10,12H,1-8H2,(H2,13,14,15). The van der Waals surface area contributed by atoms with Gasteiger partial charge in [-0.05, 0) is 38.3 Å². The molecule has 2 amide bonds. The molecule has 2 aliphatic rings. The molecule has 0 aromatic heterocycles. The van der Waals surface area contributed by atoms with Crippen molar-refractivity contribution in [2.75, 3.05) is 31.1 Å². The van der Waals surface area contributed by atoms with Crippen LogP contribution in [0.2, 0.25) is 0 Å². The van der Waals surface area contributed by atoms with Crippen molar-refractivity contribution < 1.29 is 13.2 Å². The monoisotopic (exact) mass is 275 g/mol. The highest BCUT2D eigenvalue weighted by Crippen LogP contribution is 2.12. The van der Waals surface area contributed by atoms with E-state index < -0.39 is 9.84 Å². The lowest BCUT2D eigenvalue weighted by atomic mass is 10.1. The largest absolute Gasteiger partial charge is 0.338 e. The average molecular weight is 275 g/mol. The Morgan fingerprint density at radius 1 is 1.22 bits per heavy atom. The Balaban J connectivity index is 1.65. The number of nitrogens with one attached hydrogen (secondary N) is 3. The van der Waals surface area contributed by atoms with E-state index in [1.54, 1.807) is 0 Å². The summed E-state index contributed by atoms with van der Waals surface area (Å²) in [5, 5.41) is 8.95. The third kappa shape index (κ3) is 4.13. The normalized spacial score (nSPS) is 27.9. The first-order valence-electron chi connectivity index (χ1n) is 6.51. The van der Waals surface area contributed by atoms with Crippen LogP contribution in [0.3, 0.4) is 0 Å². The maximum atomic E-state index is 11.6. The van der Waals surface area contributed by atoms with Crippen LogP contribution >= 0.6 is 0 Å². The lowest BCUT2D eigenvalue weighted by Crippen LogP contribution is -2.46. The molecule has 0 saturated carbocycles. The highest BCUT2D eigenvalue weighted by Gasteiger charge is 2.24. The summed E-state index contributed by atoms with van der Waals surface area (Å²) in [6.07, 6.45) is 2.16. The molecule has 2 rings (SSSR count). The van der Waals surface area contributed by atoms with Crippen LogP contribution < -0.4 is 16.0 Å². The van der Waals surface area contributed by atoms with Gasteiger partial charge in [-0.15, -0.1) is 0 Å². The van der Waals surface area contributed by atoms with Crippen LogP contribution in [0.15, 0.2) is 0 Å². The van der Waals surface area contributed by atoms with Crippen molar-refractivity contribution in [2.24, 2.45) is 5.92 Å². The van der Waals surface area contributed by atoms with Gasteiger partial charge in [0.05, 0.1) is 11.5 Å². The number of carbonyl (C=O) groups excluding carboxylic acids is 1. The van der Waals surface area contributed by atoms with Gasteiger partial charge in [-0.3, -0.25) is 0 Å². The van der Waals surface area contributed by atoms with E-state index >= 15 is 0 Å². The van der Waals surface area contributed by atoms with Crippen LogP contribution in [0, 0.1) is 5.92 Å². The second kappa shape index (κ2) is 5.88. The summed E-state index contributed by atoms with van der Waals surface area (Å²) < 4.78 is 22.5. The summed E-state index contributed by atoms with van der Waals surface area (Å²) >= 11 is 0. The summed E-state index contributed by atoms with van der Waals surface area (Å²) in [6, 6.07) is -0.179. The Hall–Kier alpha value is -0.820. The Morgan fingerprint density at radius 3 is 2.56 bits per heavy atom. The summed E-state index contributed by atoms with van der Waals surface area (Å²) in [5.74, 6) is 0.886. The van der Waals surface area contributed by atoms with Gasteiger partial charge in [0, 0.05) is 12.6 Å². The second-order valence-corrected chi connectivity index (χ2v) is 7.44. The van der Waals surface area contributed by atoms with E-state index in [0.29, 0.717) is 25.3 Å². The van der Waals surface area contributed by atoms with Gasteiger partial charge < -0.3 is 16.0 Å². The molecule has 104 valence electrons. The number of urea groups is 1. The fraction of sp³-hybridized carbons (Fsp3) is 0.909. The van der Waals surface area contributed by atoms with Crippen molar-refractivity contribution in [3.8, 4) is 0 Å². The number of sulfone groups is 1. The molecule has 0 aromatic rings. The van der Waals surface area contributed by atoms with Crippen LogP contribution in [0.5, 0.6) is 0 Å². The van der Waals surface area contributed by atoms with Gasteiger partial charge >= 0.3 is 6.03 Å². The number of carbonyl (C=O) groups is 1. The smallest absolute Gasteiger partial charge is 0.315 e. The number of hydrogen-bond donors (Lipinski definition) is 3. The highest BCUT2D eigenvalue weighted by atomic mass is 32.2. The van der Waals surface area contributed by atoms with E-state index in [-0.39, 0.29) is 23.6 Å². The maximum absolute atomic E-state index is 11.6. The molecule has 2 fully saturated rings. The molecule has 7 heteroatoms. The first-order chi connectivity index (χ1) is 8.55. The molecule has 1 unspecified atom stereocenters. The summed E-state index contributed by atoms with van der Waals surface area (Å²) in [5.41, 5.74) is 0. The molecule has 2 saturated heterocycles. The SMILES string of the molecule is O=C(NCC1CCNC1)NC1CCS(=O)(=O)CC1. The quantitative estimate of drug-likeness (QED) is 0.646. The summed E-state index contributed by atoms with van der Waals surface area (Å²) in [4.78, 5) is 11.6. The Labute approximate surface area is 108 Å². The number of hydrogen-bond acceptors (Lipinski definition) is 4. The molecular weight excluding hydrogens is 254 g/mol. The second-order valence-electron chi connectivity index (χ2n) is 5.14. The third-order valence-corrected chi connectivity index (χ3v) is 5.32. The van der Waals surface area contributed by atoms with Gasteiger partial charge in [0.25, 0.3) is 0 Å². The minimum absolute atomic E-state index is 0.00442. The van der Waals surface area contributed by atoms with Gasteiger partial charge in [0.15, 0.2) is 0 Å². The van der Waals surface area contributed by atoms with E-state index in [1.165, 1.54) is 0 Å². The molecule has 0 radical (unpaired) electrons. The van der Waals surface area contributed by atoms with Gasteiger partial charge in [0.1, 0.15) is 9.84 Å². The summed E-state index contributed by atoms with van der Waals surface area (Å²) in [6.45, 7) is 2.67. The molecule has 0 spiro atoms. The van der Waals surface area contributed by atoms with E-state index in [0.717, 1.165) is 19.5 Å². The van der Waals surface area contributed by atoms with Crippen molar-refractivity contribution >= 4 is 15.9 Å². The zero-order valence-electron chi connectivity index (χ0n) is 10.4. The Bertz CT molecular complexity index is 376. The maximum Gasteiger partial charge on any atom is 0.315 e. The average Bonchev–Trinajstić information content (AvgIpc) is 2.82. The zero-order chi connectivity index (χ0) is 13.0. The molecule has 2 heterocycles. The van der Waals surface area contributed by atoms with Crippen LogP contribution in [0.4, 0.5) is 4.79 Å². The van der Waals surface area contributed by atoms with Gasteiger partial charge in [-0.25, -0.2) is 13.2 Å². The molecule has 6 nitrogen and oxygen atoms in total. The molecule has 18 heavy (non-hydrogen) atoms. The van der Waals surface area contributed by atoms with Crippen molar-refractivity contribution in [3.63, 3.8) is 0 Å². The van der Waals surface area contributed by atoms with Crippen molar-refractivity contribution in [3.05, 3.63) is 0 Å². The minimum atomic E-state index is -2.86. The predicted molar refractivity (Wildman–Crippen MR) is 69.2 cm³/mol. The number of rotatable bonds is 3. The van der Waals surface area contributed by atoms with Crippen LogP contribution in [0.1, 0.15) is 19.3 Å². The van der Waals surface area contributed by atoms with E-state index in [9.17, 15) is 13.2 Å². The topological polar surface area (TPSA) is 87.3 Å². The van der Waals surface area contributed by atoms with Crippen molar-refractivity contribution in [2.45, 2.75) is 25.3 Å². The molecule has 2 aliphatic heterocycles. The number of amides is 2. The highest BCUT2D eigenvalue weighted by molar-refractivity contribution is 7.91. The zero-order valence-corrected chi connectivity index (χ0v) is 11.3. The molecule has 0 aromatic carbocycles. The fourth-order valence-electron chi connectivity index (χ4n) is 2.40. The van der Waals surface area contributed by atoms with Crippen LogP contribution in [-0.2, 0) is 9.84 Å². The molecule has 1 atom stereocenters. The molecule has 0 aliphatic carbocycles. The molecular formula is C11H21N3O3S. The van der Waals surface area contributed by atoms with Crippen molar-refractivity contribution in [1.82, 2.24) is 16.0 Å².